The molecule has 0 radical (unpaired) electrons. The van der Waals surface area contributed by atoms with E-state index < -0.39 is 0 Å². The normalized spacial score (nSPS) is 12.8. The van der Waals surface area contributed by atoms with Gasteiger partial charge < -0.3 is 0 Å². The molecule has 1 rings (SSSR count). The molecular weight excluding hydrogens is 280 g/mol. The summed E-state index contributed by atoms with van der Waals surface area (Å²) < 4.78 is 2.95. The van der Waals surface area contributed by atoms with Crippen LogP contribution in [0.4, 0.5) is 0 Å². The number of aryl methyl sites for hydroxylation is 2. The summed E-state index contributed by atoms with van der Waals surface area (Å²) in [6.07, 6.45) is 2.27. The van der Waals surface area contributed by atoms with Gasteiger partial charge in [-0.3, -0.25) is 9.48 Å². The number of ketones is 1. The summed E-state index contributed by atoms with van der Waals surface area (Å²) >= 11 is 3.57. The van der Waals surface area contributed by atoms with Crippen LogP contribution in [0.3, 0.4) is 0 Å². The van der Waals surface area contributed by atoms with Crippen molar-refractivity contribution in [1.82, 2.24) is 9.78 Å². The molecule has 0 aliphatic heterocycles. The molecule has 0 aliphatic carbocycles. The van der Waals surface area contributed by atoms with Crippen molar-refractivity contribution in [3.63, 3.8) is 0 Å². The second-order valence-corrected chi connectivity index (χ2v) is 5.12. The van der Waals surface area contributed by atoms with Crippen LogP contribution < -0.4 is 0 Å². The first-order valence-corrected chi connectivity index (χ1v) is 7.11. The van der Waals surface area contributed by atoms with Crippen LogP contribution in [0.1, 0.15) is 45.5 Å². The first kappa shape index (κ1) is 14.4. The Labute approximate surface area is 112 Å². The van der Waals surface area contributed by atoms with Crippen LogP contribution in [-0.2, 0) is 24.2 Å². The molecule has 1 aromatic rings. The zero-order chi connectivity index (χ0) is 13.0. The average molecular weight is 301 g/mol. The van der Waals surface area contributed by atoms with Gasteiger partial charge in [-0.2, -0.15) is 5.10 Å². The molecule has 0 amide bonds. The van der Waals surface area contributed by atoms with Gasteiger partial charge in [0.25, 0.3) is 0 Å². The third-order valence-corrected chi connectivity index (χ3v) is 4.11. The Morgan fingerprint density at radius 2 is 2.06 bits per heavy atom. The van der Waals surface area contributed by atoms with Gasteiger partial charge in [0.1, 0.15) is 5.78 Å². The molecule has 0 saturated carbocycles. The maximum atomic E-state index is 12.0. The van der Waals surface area contributed by atoms with E-state index in [1.807, 2.05) is 18.5 Å². The van der Waals surface area contributed by atoms with Crippen molar-refractivity contribution in [2.45, 2.75) is 53.5 Å². The topological polar surface area (TPSA) is 34.9 Å². The number of halogens is 1. The van der Waals surface area contributed by atoms with Gasteiger partial charge in [-0.15, -0.1) is 0 Å². The van der Waals surface area contributed by atoms with Crippen molar-refractivity contribution < 1.29 is 4.79 Å². The molecule has 1 heterocycles. The second-order valence-electron chi connectivity index (χ2n) is 4.33. The Morgan fingerprint density at radius 3 is 2.53 bits per heavy atom. The smallest absolute Gasteiger partial charge is 0.141 e. The Kier molecular flexibility index (Phi) is 5.37. The maximum absolute atomic E-state index is 12.0. The first-order chi connectivity index (χ1) is 8.04. The van der Waals surface area contributed by atoms with Gasteiger partial charge in [0.2, 0.25) is 0 Å². The van der Waals surface area contributed by atoms with E-state index in [1.165, 1.54) is 0 Å². The molecule has 17 heavy (non-hydrogen) atoms. The quantitative estimate of drug-likeness (QED) is 0.807. The van der Waals surface area contributed by atoms with E-state index >= 15 is 0 Å². The van der Waals surface area contributed by atoms with Crippen LogP contribution >= 0.6 is 15.9 Å². The number of aromatic nitrogens is 2. The number of Topliss-reactive ketones (excluding diaryl/α,β-unsaturated/α-hetero) is 1. The fraction of sp³-hybridized carbons (Fsp3) is 0.692. The molecule has 0 bridgehead atoms. The molecule has 0 aliphatic rings. The SMILES string of the molecule is CCc1nn(CC)c(CC(=O)C(C)CC)c1Br. The number of rotatable bonds is 6. The van der Waals surface area contributed by atoms with E-state index in [0.717, 1.165) is 35.2 Å². The lowest BCUT2D eigenvalue weighted by molar-refractivity contribution is -0.121. The molecule has 4 heteroatoms. The summed E-state index contributed by atoms with van der Waals surface area (Å²) in [5.74, 6) is 0.428. The molecule has 0 spiro atoms. The highest BCUT2D eigenvalue weighted by Gasteiger charge is 2.19. The molecule has 0 saturated heterocycles. The predicted molar refractivity (Wildman–Crippen MR) is 73.1 cm³/mol. The Bertz CT molecular complexity index is 398. The predicted octanol–water partition coefficient (Wildman–Crippen LogP) is 3.39. The van der Waals surface area contributed by atoms with Gasteiger partial charge in [0, 0.05) is 18.9 Å². The van der Waals surface area contributed by atoms with Crippen molar-refractivity contribution >= 4 is 21.7 Å². The van der Waals surface area contributed by atoms with E-state index in [0.29, 0.717) is 12.2 Å². The van der Waals surface area contributed by atoms with E-state index in [9.17, 15) is 4.79 Å². The van der Waals surface area contributed by atoms with Crippen molar-refractivity contribution in [2.24, 2.45) is 5.92 Å². The van der Waals surface area contributed by atoms with Crippen molar-refractivity contribution in [3.05, 3.63) is 15.9 Å². The van der Waals surface area contributed by atoms with Gasteiger partial charge in [-0.05, 0) is 35.7 Å². The molecule has 1 aromatic heterocycles. The van der Waals surface area contributed by atoms with Gasteiger partial charge in [-0.1, -0.05) is 20.8 Å². The number of hydrogen-bond acceptors (Lipinski definition) is 2. The number of nitrogens with zero attached hydrogens (tertiary/aromatic N) is 2. The lowest BCUT2D eigenvalue weighted by Gasteiger charge is -2.09. The zero-order valence-corrected chi connectivity index (χ0v) is 12.7. The molecule has 0 N–H and O–H groups in total. The summed E-state index contributed by atoms with van der Waals surface area (Å²) in [5.41, 5.74) is 2.06. The van der Waals surface area contributed by atoms with Crippen molar-refractivity contribution in [3.8, 4) is 0 Å². The summed E-state index contributed by atoms with van der Waals surface area (Å²) in [5, 5.41) is 4.50. The highest BCUT2D eigenvalue weighted by molar-refractivity contribution is 9.10. The lowest BCUT2D eigenvalue weighted by atomic mass is 10.00. The van der Waals surface area contributed by atoms with Gasteiger partial charge in [-0.25, -0.2) is 0 Å². The molecule has 0 fully saturated rings. The van der Waals surface area contributed by atoms with Crippen LogP contribution in [0.15, 0.2) is 4.47 Å². The minimum atomic E-state index is 0.132. The lowest BCUT2D eigenvalue weighted by Crippen LogP contribution is -2.16. The molecular formula is C13H21BrN2O. The number of carbonyl (C=O) groups excluding carboxylic acids is 1. The van der Waals surface area contributed by atoms with Crippen molar-refractivity contribution in [2.75, 3.05) is 0 Å². The van der Waals surface area contributed by atoms with Crippen LogP contribution in [-0.4, -0.2) is 15.6 Å². The summed E-state index contributed by atoms with van der Waals surface area (Å²) in [6.45, 7) is 8.97. The van der Waals surface area contributed by atoms with E-state index in [-0.39, 0.29) is 5.92 Å². The summed E-state index contributed by atoms with van der Waals surface area (Å²) in [6, 6.07) is 0. The third-order valence-electron chi connectivity index (χ3n) is 3.20. The first-order valence-electron chi connectivity index (χ1n) is 6.31. The Morgan fingerprint density at radius 1 is 1.41 bits per heavy atom. The van der Waals surface area contributed by atoms with Gasteiger partial charge in [0.15, 0.2) is 0 Å². The molecule has 0 aromatic carbocycles. The highest BCUT2D eigenvalue weighted by Crippen LogP contribution is 2.24. The zero-order valence-electron chi connectivity index (χ0n) is 11.1. The van der Waals surface area contributed by atoms with E-state index in [4.69, 9.17) is 0 Å². The van der Waals surface area contributed by atoms with Crippen LogP contribution in [0, 0.1) is 5.92 Å². The molecule has 1 atom stereocenters. The second kappa shape index (κ2) is 6.34. The van der Waals surface area contributed by atoms with Crippen molar-refractivity contribution in [1.29, 1.82) is 0 Å². The third kappa shape index (κ3) is 3.18. The van der Waals surface area contributed by atoms with Gasteiger partial charge in [0.05, 0.1) is 15.9 Å². The largest absolute Gasteiger partial charge is 0.299 e. The monoisotopic (exact) mass is 300 g/mol. The van der Waals surface area contributed by atoms with Crippen LogP contribution in [0.25, 0.3) is 0 Å². The van der Waals surface area contributed by atoms with Gasteiger partial charge >= 0.3 is 0 Å². The number of carbonyl (C=O) groups is 1. The molecule has 1 unspecified atom stereocenters. The van der Waals surface area contributed by atoms with Crippen LogP contribution in [0.2, 0.25) is 0 Å². The number of hydrogen-bond donors (Lipinski definition) is 0. The average Bonchev–Trinajstić information content (AvgIpc) is 2.65. The summed E-state index contributed by atoms with van der Waals surface area (Å²) in [4.78, 5) is 12.0. The molecule has 3 nitrogen and oxygen atoms in total. The minimum absolute atomic E-state index is 0.132. The van der Waals surface area contributed by atoms with Crippen LogP contribution in [0.5, 0.6) is 0 Å². The highest BCUT2D eigenvalue weighted by atomic mass is 79.9. The molecule has 96 valence electrons. The Hall–Kier alpha value is -0.640. The standard InChI is InChI=1S/C13H21BrN2O/c1-5-9(4)12(17)8-11-13(14)10(6-2)15-16(11)7-3/h9H,5-8H2,1-4H3. The summed E-state index contributed by atoms with van der Waals surface area (Å²) in [7, 11) is 0. The van der Waals surface area contributed by atoms with E-state index in [2.05, 4.69) is 34.9 Å². The fourth-order valence-electron chi connectivity index (χ4n) is 1.75. The maximum Gasteiger partial charge on any atom is 0.141 e. The fourth-order valence-corrected chi connectivity index (χ4v) is 2.46. The van der Waals surface area contributed by atoms with E-state index in [1.54, 1.807) is 0 Å². The minimum Gasteiger partial charge on any atom is -0.299 e. The Balaban J connectivity index is 2.97.